The molecular weight excluding hydrogens is 498 g/mol. The predicted octanol–water partition coefficient (Wildman–Crippen LogP) is 1.56. The minimum Gasteiger partial charge on any atom is -0.374 e. The highest BCUT2D eigenvalue weighted by Gasteiger charge is 2.67. The van der Waals surface area contributed by atoms with Crippen molar-refractivity contribution in [3.8, 4) is 0 Å². The Morgan fingerprint density at radius 2 is 1.65 bits per heavy atom. The smallest absolute Gasteiger partial charge is 0.330 e. The van der Waals surface area contributed by atoms with E-state index < -0.39 is 45.2 Å². The summed E-state index contributed by atoms with van der Waals surface area (Å²) in [5.41, 5.74) is -0.212. The molecule has 3 heterocycles. The molecule has 0 aliphatic carbocycles. The lowest BCUT2D eigenvalue weighted by atomic mass is 10.00. The maximum absolute atomic E-state index is 12.9. The molecule has 1 aromatic heterocycles. The number of rotatable bonds is 9. The molecule has 2 aromatic carbocycles. The number of sulfonamides is 1. The molecule has 0 unspecified atom stereocenters. The van der Waals surface area contributed by atoms with Crippen molar-refractivity contribution >= 4 is 10.0 Å². The Hall–Kier alpha value is -3.09. The molecular formula is C26H29N3O7S. The third-order valence-electron chi connectivity index (χ3n) is 6.81. The van der Waals surface area contributed by atoms with Crippen molar-refractivity contribution in [2.75, 3.05) is 19.4 Å². The van der Waals surface area contributed by atoms with Gasteiger partial charge in [0.2, 0.25) is 10.0 Å². The van der Waals surface area contributed by atoms with Crippen molar-refractivity contribution in [1.82, 2.24) is 13.9 Å². The van der Waals surface area contributed by atoms with Crippen molar-refractivity contribution in [2.45, 2.75) is 44.1 Å². The number of aromatic amines is 1. The molecule has 2 aliphatic rings. The first-order valence-corrected chi connectivity index (χ1v) is 13.8. The van der Waals surface area contributed by atoms with Crippen LogP contribution in [0.25, 0.3) is 0 Å². The number of nitrogens with one attached hydrogen (secondary N) is 1. The van der Waals surface area contributed by atoms with E-state index in [0.29, 0.717) is 12.2 Å². The summed E-state index contributed by atoms with van der Waals surface area (Å²) in [7, 11) is -3.71. The number of morpholine rings is 1. The van der Waals surface area contributed by atoms with Gasteiger partial charge in [-0.1, -0.05) is 60.7 Å². The minimum absolute atomic E-state index is 0.0122. The largest absolute Gasteiger partial charge is 0.374 e. The molecule has 10 nitrogen and oxygen atoms in total. The molecule has 0 saturated carbocycles. The highest BCUT2D eigenvalue weighted by molar-refractivity contribution is 7.88. The molecule has 2 fully saturated rings. The third kappa shape index (κ3) is 5.05. The molecule has 2 saturated heterocycles. The maximum Gasteiger partial charge on any atom is 0.330 e. The molecule has 37 heavy (non-hydrogen) atoms. The first kappa shape index (κ1) is 25.6. The van der Waals surface area contributed by atoms with E-state index in [1.165, 1.54) is 15.1 Å². The number of nitrogens with zero attached hydrogens (tertiary/aromatic N) is 2. The average Bonchev–Trinajstić information content (AvgIpc) is 3.35. The number of aryl methyl sites for hydroxylation is 1. The zero-order valence-electron chi connectivity index (χ0n) is 20.6. The van der Waals surface area contributed by atoms with E-state index in [1.807, 2.05) is 60.7 Å². The van der Waals surface area contributed by atoms with Crippen LogP contribution in [0.2, 0.25) is 0 Å². The average molecular weight is 528 g/mol. The normalized spacial score (nSPS) is 25.5. The second-order valence-electron chi connectivity index (χ2n) is 9.55. The van der Waals surface area contributed by atoms with Gasteiger partial charge in [0.15, 0.2) is 6.23 Å². The summed E-state index contributed by atoms with van der Waals surface area (Å²) < 4.78 is 47.2. The fraction of sp³-hybridized carbons (Fsp3) is 0.385. The van der Waals surface area contributed by atoms with E-state index in [0.717, 1.165) is 17.4 Å². The van der Waals surface area contributed by atoms with Crippen molar-refractivity contribution < 1.29 is 22.6 Å². The van der Waals surface area contributed by atoms with E-state index in [4.69, 9.17) is 14.2 Å². The minimum atomic E-state index is -3.71. The van der Waals surface area contributed by atoms with Gasteiger partial charge >= 0.3 is 5.69 Å². The van der Waals surface area contributed by atoms with E-state index >= 15 is 0 Å². The lowest BCUT2D eigenvalue weighted by Crippen LogP contribution is -2.51. The monoisotopic (exact) mass is 527 g/mol. The molecule has 0 amide bonds. The molecule has 2 aliphatic heterocycles. The molecule has 196 valence electrons. The molecule has 5 rings (SSSR count). The van der Waals surface area contributed by atoms with E-state index in [1.54, 1.807) is 6.92 Å². The molecule has 3 aromatic rings. The zero-order chi connectivity index (χ0) is 26.2. The van der Waals surface area contributed by atoms with Gasteiger partial charge in [0.25, 0.3) is 5.56 Å². The van der Waals surface area contributed by atoms with Crippen LogP contribution in [0.3, 0.4) is 0 Å². The summed E-state index contributed by atoms with van der Waals surface area (Å²) in [5.74, 6) is 0. The van der Waals surface area contributed by atoms with Gasteiger partial charge in [-0.05, 0) is 18.1 Å². The van der Waals surface area contributed by atoms with Gasteiger partial charge in [0.05, 0.1) is 32.1 Å². The van der Waals surface area contributed by atoms with Crippen molar-refractivity contribution in [3.63, 3.8) is 0 Å². The first-order valence-electron chi connectivity index (χ1n) is 11.9. The topological polar surface area (TPSA) is 120 Å². The van der Waals surface area contributed by atoms with E-state index in [-0.39, 0.29) is 19.8 Å². The number of H-pyrrole nitrogens is 1. The number of ether oxygens (including phenoxy) is 3. The highest BCUT2D eigenvalue weighted by Crippen LogP contribution is 2.49. The molecule has 11 heteroatoms. The summed E-state index contributed by atoms with van der Waals surface area (Å²) in [6.07, 6.45) is 0.757. The molecule has 0 radical (unpaired) electrons. The SMILES string of the molecule is Cc1cn([C@@H]2O[C@@]3(COCc4ccccc4)CN(S(C)(=O)=O)[C@@H]2[C@@H]3OCc2ccccc2)c(=O)[nH]c1=O. The van der Waals surface area contributed by atoms with Gasteiger partial charge < -0.3 is 14.2 Å². The summed E-state index contributed by atoms with van der Waals surface area (Å²) >= 11 is 0. The number of fused-ring (bicyclic) bond motifs is 2. The zero-order valence-corrected chi connectivity index (χ0v) is 21.4. The third-order valence-corrected chi connectivity index (χ3v) is 8.03. The maximum atomic E-state index is 12.9. The molecule has 0 spiro atoms. The highest BCUT2D eigenvalue weighted by atomic mass is 32.2. The molecule has 2 bridgehead atoms. The fourth-order valence-electron chi connectivity index (χ4n) is 5.05. The standard InChI is InChI=1S/C26H29N3O7S/c1-18-13-28(25(31)27-23(18)30)24-21-22(35-15-20-11-7-4-8-12-20)26(36-24,16-29(21)37(2,32)33)17-34-14-19-9-5-3-6-10-19/h3-13,21-22,24H,14-17H2,1-2H3,(H,27,30,31)/t21-,22+,24-,26-/m1/s1. The lowest BCUT2D eigenvalue weighted by molar-refractivity contribution is -0.163. The van der Waals surface area contributed by atoms with Crippen LogP contribution in [0.5, 0.6) is 0 Å². The number of aromatic nitrogens is 2. The Morgan fingerprint density at radius 3 is 2.27 bits per heavy atom. The van der Waals surface area contributed by atoms with Crippen LogP contribution < -0.4 is 11.2 Å². The van der Waals surface area contributed by atoms with Crippen LogP contribution in [0.4, 0.5) is 0 Å². The summed E-state index contributed by atoms with van der Waals surface area (Å²) in [4.78, 5) is 27.1. The van der Waals surface area contributed by atoms with Crippen LogP contribution in [0, 0.1) is 6.92 Å². The summed E-state index contributed by atoms with van der Waals surface area (Å²) in [6, 6.07) is 18.3. The second kappa shape index (κ2) is 9.99. The van der Waals surface area contributed by atoms with E-state index in [9.17, 15) is 18.0 Å². The van der Waals surface area contributed by atoms with Crippen LogP contribution in [0.1, 0.15) is 22.9 Å². The Kier molecular flexibility index (Phi) is 6.90. The quantitative estimate of drug-likeness (QED) is 0.448. The molecule has 4 atom stereocenters. The van der Waals surface area contributed by atoms with Crippen LogP contribution >= 0.6 is 0 Å². The van der Waals surface area contributed by atoms with Gasteiger partial charge in [0.1, 0.15) is 11.7 Å². The fourth-order valence-corrected chi connectivity index (χ4v) is 6.16. The Labute approximate surface area is 214 Å². The van der Waals surface area contributed by atoms with Gasteiger partial charge in [-0.3, -0.25) is 14.3 Å². The second-order valence-corrected chi connectivity index (χ2v) is 11.5. The number of hydrogen-bond donors (Lipinski definition) is 1. The summed E-state index contributed by atoms with van der Waals surface area (Å²) in [6.45, 7) is 2.13. The van der Waals surface area contributed by atoms with Crippen LogP contribution in [0.15, 0.2) is 76.4 Å². The van der Waals surface area contributed by atoms with Gasteiger partial charge in [-0.25, -0.2) is 13.2 Å². The van der Waals surface area contributed by atoms with Gasteiger partial charge in [-0.2, -0.15) is 4.31 Å². The van der Waals surface area contributed by atoms with Crippen LogP contribution in [-0.2, 0) is 37.4 Å². The van der Waals surface area contributed by atoms with Crippen molar-refractivity contribution in [1.29, 1.82) is 0 Å². The van der Waals surface area contributed by atoms with Crippen LogP contribution in [-0.4, -0.2) is 59.4 Å². The van der Waals surface area contributed by atoms with Gasteiger partial charge in [-0.15, -0.1) is 0 Å². The van der Waals surface area contributed by atoms with E-state index in [2.05, 4.69) is 4.98 Å². The first-order chi connectivity index (χ1) is 17.7. The van der Waals surface area contributed by atoms with Crippen molar-refractivity contribution in [3.05, 3.63) is 104 Å². The van der Waals surface area contributed by atoms with Gasteiger partial charge in [0, 0.05) is 18.3 Å². The number of hydrogen-bond acceptors (Lipinski definition) is 7. The van der Waals surface area contributed by atoms with Crippen molar-refractivity contribution in [2.24, 2.45) is 0 Å². The number of benzene rings is 2. The lowest BCUT2D eigenvalue weighted by Gasteiger charge is -2.36. The Balaban J connectivity index is 1.52. The Morgan fingerprint density at radius 1 is 1.03 bits per heavy atom. The Bertz CT molecular complexity index is 1470. The summed E-state index contributed by atoms with van der Waals surface area (Å²) in [5, 5.41) is 0. The predicted molar refractivity (Wildman–Crippen MR) is 135 cm³/mol. The molecule has 1 N–H and O–H groups in total.